The van der Waals surface area contributed by atoms with Gasteiger partial charge in [0.1, 0.15) is 11.9 Å². The van der Waals surface area contributed by atoms with Crippen LogP contribution in [0.3, 0.4) is 0 Å². The molecule has 0 aromatic heterocycles. The molecule has 6 heteroatoms. The van der Waals surface area contributed by atoms with Crippen LogP contribution in [0.4, 0.5) is 5.69 Å². The number of nitrogens with zero attached hydrogens (tertiary/aromatic N) is 1. The smallest absolute Gasteiger partial charge is 0.258 e. The maximum atomic E-state index is 13.4. The molecule has 0 saturated carbocycles. The van der Waals surface area contributed by atoms with Gasteiger partial charge in [-0.05, 0) is 54.4 Å². The lowest BCUT2D eigenvalue weighted by Gasteiger charge is -2.38. The van der Waals surface area contributed by atoms with Crippen LogP contribution in [-0.4, -0.2) is 24.2 Å². The van der Waals surface area contributed by atoms with Crippen LogP contribution in [0.15, 0.2) is 66.7 Å². The number of anilines is 1. The van der Waals surface area contributed by atoms with Gasteiger partial charge in [0.2, 0.25) is 6.79 Å². The summed E-state index contributed by atoms with van der Waals surface area (Å²) in [5.74, 6) is 2.24. The first-order valence-electron chi connectivity index (χ1n) is 10.0. The molecular weight excluding hydrogens is 380 g/mol. The van der Waals surface area contributed by atoms with E-state index in [1.807, 2.05) is 78.6 Å². The molecule has 2 aliphatic rings. The Morgan fingerprint density at radius 1 is 1.03 bits per heavy atom. The van der Waals surface area contributed by atoms with Crippen LogP contribution in [0, 0.1) is 0 Å². The Balaban J connectivity index is 1.50. The first-order valence-corrected chi connectivity index (χ1v) is 10.0. The van der Waals surface area contributed by atoms with E-state index in [0.29, 0.717) is 24.5 Å². The zero-order chi connectivity index (χ0) is 20.5. The minimum absolute atomic E-state index is 0.0131. The van der Waals surface area contributed by atoms with Gasteiger partial charge in [-0.25, -0.2) is 0 Å². The molecule has 0 unspecified atom stereocenters. The van der Waals surface area contributed by atoms with E-state index in [0.717, 1.165) is 28.3 Å². The number of amides is 1. The van der Waals surface area contributed by atoms with Gasteiger partial charge >= 0.3 is 0 Å². The van der Waals surface area contributed by atoms with Crippen molar-refractivity contribution in [2.45, 2.75) is 19.6 Å². The minimum atomic E-state index is -0.298. The second kappa shape index (κ2) is 7.63. The summed E-state index contributed by atoms with van der Waals surface area (Å²) in [6.45, 7) is 3.24. The van der Waals surface area contributed by atoms with Crippen LogP contribution >= 0.6 is 0 Å². The van der Waals surface area contributed by atoms with Crippen molar-refractivity contribution in [3.63, 3.8) is 0 Å². The third-order valence-electron chi connectivity index (χ3n) is 5.32. The van der Waals surface area contributed by atoms with Crippen LogP contribution < -0.4 is 19.5 Å². The summed E-state index contributed by atoms with van der Waals surface area (Å²) >= 11 is 0. The Kier molecular flexibility index (Phi) is 4.67. The second-order valence-corrected chi connectivity index (χ2v) is 7.22. The molecule has 3 aromatic rings. The molecular formula is C24H22N2O4. The lowest BCUT2D eigenvalue weighted by molar-refractivity contribution is 0.0666. The summed E-state index contributed by atoms with van der Waals surface area (Å²) < 4.78 is 16.5. The molecule has 0 radical (unpaired) electrons. The third kappa shape index (κ3) is 3.30. The van der Waals surface area contributed by atoms with Crippen molar-refractivity contribution in [1.29, 1.82) is 0 Å². The van der Waals surface area contributed by atoms with Gasteiger partial charge in [-0.3, -0.25) is 4.79 Å². The number of benzene rings is 3. The predicted molar refractivity (Wildman–Crippen MR) is 113 cm³/mol. The molecule has 3 aromatic carbocycles. The highest BCUT2D eigenvalue weighted by atomic mass is 16.7. The van der Waals surface area contributed by atoms with Crippen molar-refractivity contribution in [2.24, 2.45) is 0 Å². The largest absolute Gasteiger partial charge is 0.494 e. The summed E-state index contributed by atoms with van der Waals surface area (Å²) in [5, 5.41) is 3.53. The SMILES string of the molecule is CCOc1ccc([C@@H]2Nc3ccccc3C(=O)N2Cc2ccc3c(c2)OCO3)cc1. The number of para-hydroxylation sites is 1. The van der Waals surface area contributed by atoms with E-state index < -0.39 is 0 Å². The van der Waals surface area contributed by atoms with Gasteiger partial charge in [-0.2, -0.15) is 0 Å². The Morgan fingerprint density at radius 2 is 1.83 bits per heavy atom. The molecule has 152 valence electrons. The van der Waals surface area contributed by atoms with Gasteiger partial charge in [0, 0.05) is 12.2 Å². The van der Waals surface area contributed by atoms with Crippen molar-refractivity contribution in [3.8, 4) is 17.2 Å². The normalized spacial score (nSPS) is 16.8. The monoisotopic (exact) mass is 402 g/mol. The average Bonchev–Trinajstić information content (AvgIpc) is 3.24. The van der Waals surface area contributed by atoms with Crippen molar-refractivity contribution in [1.82, 2.24) is 4.90 Å². The molecule has 5 rings (SSSR count). The number of fused-ring (bicyclic) bond motifs is 2. The van der Waals surface area contributed by atoms with E-state index in [1.165, 1.54) is 0 Å². The lowest BCUT2D eigenvalue weighted by Crippen LogP contribution is -2.42. The third-order valence-corrected chi connectivity index (χ3v) is 5.32. The molecule has 0 aliphatic carbocycles. The van der Waals surface area contributed by atoms with Gasteiger partial charge in [-0.15, -0.1) is 0 Å². The van der Waals surface area contributed by atoms with Crippen LogP contribution in [0.2, 0.25) is 0 Å². The fourth-order valence-electron chi connectivity index (χ4n) is 3.87. The van der Waals surface area contributed by atoms with Gasteiger partial charge < -0.3 is 24.4 Å². The quantitative estimate of drug-likeness (QED) is 0.677. The number of ether oxygens (including phenoxy) is 3. The van der Waals surface area contributed by atoms with Crippen molar-refractivity contribution in [2.75, 3.05) is 18.7 Å². The Morgan fingerprint density at radius 3 is 2.67 bits per heavy atom. The van der Waals surface area contributed by atoms with Crippen LogP contribution in [0.5, 0.6) is 17.2 Å². The summed E-state index contributed by atoms with van der Waals surface area (Å²) in [7, 11) is 0. The fourth-order valence-corrected chi connectivity index (χ4v) is 3.87. The van der Waals surface area contributed by atoms with Crippen LogP contribution in [0.1, 0.15) is 34.6 Å². The molecule has 0 spiro atoms. The minimum Gasteiger partial charge on any atom is -0.494 e. The number of carbonyl (C=O) groups excluding carboxylic acids is 1. The lowest BCUT2D eigenvalue weighted by atomic mass is 10.0. The van der Waals surface area contributed by atoms with E-state index >= 15 is 0 Å². The molecule has 30 heavy (non-hydrogen) atoms. The zero-order valence-corrected chi connectivity index (χ0v) is 16.6. The van der Waals surface area contributed by atoms with E-state index in [9.17, 15) is 4.79 Å². The van der Waals surface area contributed by atoms with E-state index in [1.54, 1.807) is 0 Å². The Hall–Kier alpha value is -3.67. The molecule has 1 atom stereocenters. The second-order valence-electron chi connectivity index (χ2n) is 7.22. The number of hydrogen-bond donors (Lipinski definition) is 1. The van der Waals surface area contributed by atoms with Gasteiger partial charge in [0.05, 0.1) is 12.2 Å². The number of rotatable bonds is 5. The highest BCUT2D eigenvalue weighted by Gasteiger charge is 2.33. The number of nitrogens with one attached hydrogen (secondary N) is 1. The molecule has 0 bridgehead atoms. The predicted octanol–water partition coefficient (Wildman–Crippen LogP) is 4.58. The van der Waals surface area contributed by atoms with E-state index in [4.69, 9.17) is 14.2 Å². The van der Waals surface area contributed by atoms with Gasteiger partial charge in [-0.1, -0.05) is 30.3 Å². The van der Waals surface area contributed by atoms with Gasteiger partial charge in [0.15, 0.2) is 11.5 Å². The molecule has 2 heterocycles. The highest BCUT2D eigenvalue weighted by Crippen LogP contribution is 2.37. The van der Waals surface area contributed by atoms with Gasteiger partial charge in [0.25, 0.3) is 5.91 Å². The first-order chi connectivity index (χ1) is 14.7. The van der Waals surface area contributed by atoms with Crippen molar-refractivity contribution >= 4 is 11.6 Å². The number of hydrogen-bond acceptors (Lipinski definition) is 5. The molecule has 0 saturated heterocycles. The van der Waals surface area contributed by atoms with Crippen molar-refractivity contribution in [3.05, 3.63) is 83.4 Å². The van der Waals surface area contributed by atoms with Crippen LogP contribution in [-0.2, 0) is 6.54 Å². The molecule has 6 nitrogen and oxygen atoms in total. The highest BCUT2D eigenvalue weighted by molar-refractivity contribution is 6.01. The zero-order valence-electron chi connectivity index (χ0n) is 16.6. The maximum Gasteiger partial charge on any atom is 0.258 e. The fraction of sp³-hybridized carbons (Fsp3) is 0.208. The van der Waals surface area contributed by atoms with E-state index in [-0.39, 0.29) is 18.9 Å². The average molecular weight is 402 g/mol. The van der Waals surface area contributed by atoms with E-state index in [2.05, 4.69) is 5.32 Å². The summed E-state index contributed by atoms with van der Waals surface area (Å²) in [4.78, 5) is 15.3. The first kappa shape index (κ1) is 18.4. The topological polar surface area (TPSA) is 60.0 Å². The standard InChI is InChI=1S/C24H22N2O4/c1-2-28-18-10-8-17(9-11-18)23-25-20-6-4-3-5-19(20)24(27)26(23)14-16-7-12-21-22(13-16)30-15-29-21/h3-13,23,25H,2,14-15H2,1H3/t23-/m1/s1. The molecule has 1 amide bonds. The molecule has 0 fully saturated rings. The summed E-state index contributed by atoms with van der Waals surface area (Å²) in [5.41, 5.74) is 3.47. The van der Waals surface area contributed by atoms with Crippen LogP contribution in [0.25, 0.3) is 0 Å². The summed E-state index contributed by atoms with van der Waals surface area (Å²) in [6.07, 6.45) is -0.298. The molecule has 1 N–H and O–H groups in total. The molecule has 2 aliphatic heterocycles. The van der Waals surface area contributed by atoms with Crippen molar-refractivity contribution < 1.29 is 19.0 Å². The number of carbonyl (C=O) groups is 1. The Bertz CT molecular complexity index is 1080. The Labute approximate surface area is 175 Å². The summed E-state index contributed by atoms with van der Waals surface area (Å²) in [6, 6.07) is 21.3. The maximum absolute atomic E-state index is 13.4.